The fraction of sp³-hybridized carbons (Fsp3) is 0.136. The average Bonchev–Trinajstić information content (AvgIpc) is 3.16. The van der Waals surface area contributed by atoms with Gasteiger partial charge >= 0.3 is 0 Å². The van der Waals surface area contributed by atoms with E-state index in [-0.39, 0.29) is 0 Å². The first-order valence-corrected chi connectivity index (χ1v) is 8.66. The Morgan fingerprint density at radius 2 is 1.70 bits per heavy atom. The van der Waals surface area contributed by atoms with E-state index < -0.39 is 0 Å². The van der Waals surface area contributed by atoms with Crippen molar-refractivity contribution >= 4 is 11.0 Å². The quantitative estimate of drug-likeness (QED) is 0.535. The number of hydrogen-bond donors (Lipinski definition) is 1. The fourth-order valence-electron chi connectivity index (χ4n) is 2.92. The van der Waals surface area contributed by atoms with Gasteiger partial charge in [-0.1, -0.05) is 30.3 Å². The molecule has 4 aromatic rings. The first-order chi connectivity index (χ1) is 13.3. The molecule has 5 heteroatoms. The minimum Gasteiger partial charge on any atom is -0.497 e. The van der Waals surface area contributed by atoms with Crippen molar-refractivity contribution in [3.63, 3.8) is 0 Å². The van der Waals surface area contributed by atoms with Crippen molar-refractivity contribution < 1.29 is 14.2 Å². The summed E-state index contributed by atoms with van der Waals surface area (Å²) < 4.78 is 16.7. The van der Waals surface area contributed by atoms with Crippen LogP contribution in [0.5, 0.6) is 17.2 Å². The van der Waals surface area contributed by atoms with Crippen LogP contribution in [0.3, 0.4) is 0 Å². The second kappa shape index (κ2) is 7.41. The molecule has 1 heterocycles. The molecule has 0 bridgehead atoms. The second-order valence-electron chi connectivity index (χ2n) is 6.11. The Morgan fingerprint density at radius 1 is 0.852 bits per heavy atom. The Balaban J connectivity index is 1.60. The highest BCUT2D eigenvalue weighted by Gasteiger charge is 2.11. The Morgan fingerprint density at radius 3 is 2.48 bits per heavy atom. The number of nitrogens with one attached hydrogen (secondary N) is 1. The molecule has 0 aliphatic rings. The number of rotatable bonds is 6. The highest BCUT2D eigenvalue weighted by molar-refractivity contribution is 5.81. The average molecular weight is 360 g/mol. The van der Waals surface area contributed by atoms with Crippen LogP contribution in [-0.2, 0) is 6.61 Å². The van der Waals surface area contributed by atoms with Gasteiger partial charge in [-0.2, -0.15) is 0 Å². The maximum Gasteiger partial charge on any atom is 0.161 e. The molecule has 136 valence electrons. The van der Waals surface area contributed by atoms with Crippen molar-refractivity contribution in [3.05, 3.63) is 72.3 Å². The SMILES string of the molecule is COc1ccc2nc(-c3ccc(OCc4ccccc4)c(OC)c3)[nH]c2c1. The van der Waals surface area contributed by atoms with Gasteiger partial charge in [0.15, 0.2) is 11.5 Å². The molecule has 0 radical (unpaired) electrons. The predicted octanol–water partition coefficient (Wildman–Crippen LogP) is 4.83. The molecular formula is C22H20N2O3. The standard InChI is InChI=1S/C22H20N2O3/c1-25-17-9-10-18-19(13-17)24-22(23-18)16-8-11-20(21(12-16)26-2)27-14-15-6-4-3-5-7-15/h3-13H,14H2,1-2H3,(H,23,24). The summed E-state index contributed by atoms with van der Waals surface area (Å²) in [5.74, 6) is 2.93. The molecule has 0 saturated heterocycles. The predicted molar refractivity (Wildman–Crippen MR) is 105 cm³/mol. The van der Waals surface area contributed by atoms with Crippen LogP contribution < -0.4 is 14.2 Å². The van der Waals surface area contributed by atoms with Gasteiger partial charge in [0.2, 0.25) is 0 Å². The molecular weight excluding hydrogens is 340 g/mol. The molecule has 0 aliphatic heterocycles. The maximum absolute atomic E-state index is 5.92. The number of aromatic nitrogens is 2. The number of imidazole rings is 1. The van der Waals surface area contributed by atoms with Gasteiger partial charge in [-0.3, -0.25) is 0 Å². The number of aromatic amines is 1. The van der Waals surface area contributed by atoms with E-state index in [0.717, 1.165) is 33.7 Å². The van der Waals surface area contributed by atoms with Gasteiger partial charge in [0.1, 0.15) is 18.2 Å². The molecule has 5 nitrogen and oxygen atoms in total. The number of fused-ring (bicyclic) bond motifs is 1. The van der Waals surface area contributed by atoms with Gasteiger partial charge in [-0.05, 0) is 35.9 Å². The van der Waals surface area contributed by atoms with Crippen molar-refractivity contribution in [2.24, 2.45) is 0 Å². The van der Waals surface area contributed by atoms with Crippen LogP contribution in [0, 0.1) is 0 Å². The second-order valence-corrected chi connectivity index (χ2v) is 6.11. The lowest BCUT2D eigenvalue weighted by molar-refractivity contribution is 0.284. The molecule has 0 amide bonds. The van der Waals surface area contributed by atoms with Crippen LogP contribution in [0.4, 0.5) is 0 Å². The van der Waals surface area contributed by atoms with Crippen molar-refractivity contribution in [2.75, 3.05) is 14.2 Å². The number of H-pyrrole nitrogens is 1. The zero-order valence-corrected chi connectivity index (χ0v) is 15.2. The molecule has 0 unspecified atom stereocenters. The van der Waals surface area contributed by atoms with Gasteiger partial charge in [0.05, 0.1) is 25.3 Å². The minimum absolute atomic E-state index is 0.487. The van der Waals surface area contributed by atoms with E-state index in [1.807, 2.05) is 66.7 Å². The van der Waals surface area contributed by atoms with Crippen LogP contribution in [0.15, 0.2) is 66.7 Å². The highest BCUT2D eigenvalue weighted by Crippen LogP contribution is 2.33. The summed E-state index contributed by atoms with van der Waals surface area (Å²) in [6.45, 7) is 0.487. The maximum atomic E-state index is 5.92. The Kier molecular flexibility index (Phi) is 4.66. The Hall–Kier alpha value is -3.47. The van der Waals surface area contributed by atoms with E-state index in [9.17, 15) is 0 Å². The molecule has 4 rings (SSSR count). The number of nitrogens with zero attached hydrogens (tertiary/aromatic N) is 1. The van der Waals surface area contributed by atoms with Gasteiger partial charge in [-0.25, -0.2) is 4.98 Å². The summed E-state index contributed by atoms with van der Waals surface area (Å²) in [6.07, 6.45) is 0. The third-order valence-electron chi connectivity index (χ3n) is 4.36. The number of benzene rings is 3. The lowest BCUT2D eigenvalue weighted by Gasteiger charge is -2.11. The molecule has 1 aromatic heterocycles. The lowest BCUT2D eigenvalue weighted by atomic mass is 10.2. The third kappa shape index (κ3) is 3.58. The summed E-state index contributed by atoms with van der Waals surface area (Å²) in [6, 6.07) is 21.6. The van der Waals surface area contributed by atoms with Crippen molar-refractivity contribution in [3.8, 4) is 28.6 Å². The summed E-state index contributed by atoms with van der Waals surface area (Å²) >= 11 is 0. The summed E-state index contributed by atoms with van der Waals surface area (Å²) in [5.41, 5.74) is 3.84. The van der Waals surface area contributed by atoms with Crippen LogP contribution in [0.2, 0.25) is 0 Å². The summed E-state index contributed by atoms with van der Waals surface area (Å²) in [7, 11) is 3.29. The van der Waals surface area contributed by atoms with Crippen molar-refractivity contribution in [1.29, 1.82) is 0 Å². The first kappa shape index (κ1) is 17.0. The van der Waals surface area contributed by atoms with Gasteiger partial charge in [0.25, 0.3) is 0 Å². The molecule has 27 heavy (non-hydrogen) atoms. The molecule has 0 saturated carbocycles. The Bertz CT molecular complexity index is 1060. The van der Waals surface area contributed by atoms with E-state index in [0.29, 0.717) is 18.1 Å². The monoisotopic (exact) mass is 360 g/mol. The molecule has 0 atom stereocenters. The molecule has 3 aromatic carbocycles. The normalized spacial score (nSPS) is 10.7. The summed E-state index contributed by atoms with van der Waals surface area (Å²) in [4.78, 5) is 7.98. The topological polar surface area (TPSA) is 56.4 Å². The fourth-order valence-corrected chi connectivity index (χ4v) is 2.92. The zero-order valence-electron chi connectivity index (χ0n) is 15.2. The zero-order chi connectivity index (χ0) is 18.6. The molecule has 0 fully saturated rings. The number of ether oxygens (including phenoxy) is 3. The van der Waals surface area contributed by atoms with Crippen molar-refractivity contribution in [2.45, 2.75) is 6.61 Å². The van der Waals surface area contributed by atoms with Crippen molar-refractivity contribution in [1.82, 2.24) is 9.97 Å². The molecule has 0 spiro atoms. The van der Waals surface area contributed by atoms with E-state index in [1.54, 1.807) is 14.2 Å². The number of methoxy groups -OCH3 is 2. The first-order valence-electron chi connectivity index (χ1n) is 8.66. The third-order valence-corrected chi connectivity index (χ3v) is 4.36. The minimum atomic E-state index is 0.487. The highest BCUT2D eigenvalue weighted by atomic mass is 16.5. The lowest BCUT2D eigenvalue weighted by Crippen LogP contribution is -1.97. The van der Waals surface area contributed by atoms with Crippen LogP contribution in [-0.4, -0.2) is 24.2 Å². The summed E-state index contributed by atoms with van der Waals surface area (Å²) in [5, 5.41) is 0. The van der Waals surface area contributed by atoms with Crippen LogP contribution >= 0.6 is 0 Å². The van der Waals surface area contributed by atoms with E-state index in [1.165, 1.54) is 0 Å². The Labute approximate surface area is 157 Å². The van der Waals surface area contributed by atoms with E-state index in [2.05, 4.69) is 9.97 Å². The van der Waals surface area contributed by atoms with E-state index >= 15 is 0 Å². The van der Waals surface area contributed by atoms with Crippen LogP contribution in [0.25, 0.3) is 22.4 Å². The van der Waals surface area contributed by atoms with Crippen LogP contribution in [0.1, 0.15) is 5.56 Å². The van der Waals surface area contributed by atoms with E-state index in [4.69, 9.17) is 14.2 Å². The van der Waals surface area contributed by atoms with Gasteiger partial charge in [-0.15, -0.1) is 0 Å². The van der Waals surface area contributed by atoms with Gasteiger partial charge in [0, 0.05) is 11.6 Å². The molecule has 1 N–H and O–H groups in total. The smallest absolute Gasteiger partial charge is 0.161 e. The molecule has 0 aliphatic carbocycles. The van der Waals surface area contributed by atoms with Gasteiger partial charge < -0.3 is 19.2 Å². The number of hydrogen-bond acceptors (Lipinski definition) is 4. The largest absolute Gasteiger partial charge is 0.497 e.